The molecule has 102 valence electrons. The lowest BCUT2D eigenvalue weighted by Gasteiger charge is -2.16. The molecule has 1 heterocycles. The molecule has 0 aliphatic carbocycles. The first-order valence-electron chi connectivity index (χ1n) is 6.41. The topological polar surface area (TPSA) is 26.0 Å². The van der Waals surface area contributed by atoms with Crippen molar-refractivity contribution in [1.82, 2.24) is 0 Å². The number of rotatable bonds is 2. The number of halogens is 1. The van der Waals surface area contributed by atoms with Gasteiger partial charge in [0.05, 0.1) is 6.04 Å². The molecular formula is C16H20BrNS. The third-order valence-corrected chi connectivity index (χ3v) is 5.48. The van der Waals surface area contributed by atoms with E-state index >= 15 is 0 Å². The van der Waals surface area contributed by atoms with Crippen LogP contribution in [-0.4, -0.2) is 0 Å². The summed E-state index contributed by atoms with van der Waals surface area (Å²) < 4.78 is 1.08. The van der Waals surface area contributed by atoms with Gasteiger partial charge in [0, 0.05) is 14.2 Å². The van der Waals surface area contributed by atoms with Crippen LogP contribution in [0.15, 0.2) is 34.8 Å². The molecule has 0 radical (unpaired) electrons. The van der Waals surface area contributed by atoms with E-state index in [0.29, 0.717) is 0 Å². The summed E-state index contributed by atoms with van der Waals surface area (Å²) >= 11 is 5.41. The molecule has 3 heteroatoms. The van der Waals surface area contributed by atoms with E-state index in [-0.39, 0.29) is 11.5 Å². The molecule has 0 amide bonds. The van der Waals surface area contributed by atoms with E-state index in [0.717, 1.165) is 10.0 Å². The standard InChI is InChI=1S/C16H20BrNS/c1-10-5-6-12(17)11(9-10)15(18)13-7-8-14(19-13)16(2,3)4/h5-9,15H,18H2,1-4H3. The van der Waals surface area contributed by atoms with Crippen LogP contribution >= 0.6 is 27.3 Å². The minimum Gasteiger partial charge on any atom is -0.320 e. The summed E-state index contributed by atoms with van der Waals surface area (Å²) in [4.78, 5) is 2.60. The highest BCUT2D eigenvalue weighted by Gasteiger charge is 2.20. The predicted octanol–water partition coefficient (Wildman–Crippen LogP) is 5.16. The van der Waals surface area contributed by atoms with Gasteiger partial charge < -0.3 is 5.73 Å². The summed E-state index contributed by atoms with van der Waals surface area (Å²) in [7, 11) is 0. The second kappa shape index (κ2) is 5.39. The first-order valence-corrected chi connectivity index (χ1v) is 8.02. The number of benzene rings is 1. The van der Waals surface area contributed by atoms with Crippen molar-refractivity contribution < 1.29 is 0 Å². The molecule has 0 aliphatic heterocycles. The second-order valence-electron chi connectivity index (χ2n) is 5.95. The van der Waals surface area contributed by atoms with E-state index in [1.54, 1.807) is 0 Å². The minimum atomic E-state index is -0.0598. The number of aryl methyl sites for hydroxylation is 1. The van der Waals surface area contributed by atoms with Gasteiger partial charge >= 0.3 is 0 Å². The monoisotopic (exact) mass is 337 g/mol. The Morgan fingerprint density at radius 1 is 1.16 bits per heavy atom. The fourth-order valence-electron chi connectivity index (χ4n) is 1.98. The van der Waals surface area contributed by atoms with Crippen LogP contribution in [0.5, 0.6) is 0 Å². The molecule has 0 saturated heterocycles. The van der Waals surface area contributed by atoms with Gasteiger partial charge in [-0.2, -0.15) is 0 Å². The Balaban J connectivity index is 2.36. The molecule has 0 aliphatic rings. The van der Waals surface area contributed by atoms with Crippen molar-refractivity contribution >= 4 is 27.3 Å². The summed E-state index contributed by atoms with van der Waals surface area (Å²) in [5.74, 6) is 0. The van der Waals surface area contributed by atoms with Gasteiger partial charge in [0.25, 0.3) is 0 Å². The van der Waals surface area contributed by atoms with Crippen LogP contribution in [0.1, 0.15) is 47.7 Å². The molecule has 19 heavy (non-hydrogen) atoms. The van der Waals surface area contributed by atoms with Crippen molar-refractivity contribution in [3.8, 4) is 0 Å². The Morgan fingerprint density at radius 2 is 1.84 bits per heavy atom. The Hall–Kier alpha value is -0.640. The lowest BCUT2D eigenvalue weighted by molar-refractivity contribution is 0.604. The molecule has 0 bridgehead atoms. The van der Waals surface area contributed by atoms with Gasteiger partial charge in [-0.1, -0.05) is 54.4 Å². The van der Waals surface area contributed by atoms with Crippen LogP contribution in [-0.2, 0) is 5.41 Å². The third-order valence-electron chi connectivity index (χ3n) is 3.16. The predicted molar refractivity (Wildman–Crippen MR) is 87.9 cm³/mol. The SMILES string of the molecule is Cc1ccc(Br)c(C(N)c2ccc(C(C)(C)C)s2)c1. The molecule has 2 aromatic rings. The first-order chi connectivity index (χ1) is 8.79. The van der Waals surface area contributed by atoms with Gasteiger partial charge in [-0.3, -0.25) is 0 Å². The van der Waals surface area contributed by atoms with E-state index < -0.39 is 0 Å². The zero-order chi connectivity index (χ0) is 14.2. The fraction of sp³-hybridized carbons (Fsp3) is 0.375. The molecule has 1 aromatic carbocycles. The minimum absolute atomic E-state index is 0.0598. The fourth-order valence-corrected chi connectivity index (χ4v) is 3.56. The van der Waals surface area contributed by atoms with Gasteiger partial charge in [0.2, 0.25) is 0 Å². The lowest BCUT2D eigenvalue weighted by Crippen LogP contribution is -2.11. The number of hydrogen-bond acceptors (Lipinski definition) is 2. The van der Waals surface area contributed by atoms with Gasteiger partial charge in [0.15, 0.2) is 0 Å². The van der Waals surface area contributed by atoms with Crippen LogP contribution < -0.4 is 5.73 Å². The van der Waals surface area contributed by atoms with E-state index in [9.17, 15) is 0 Å². The molecule has 0 spiro atoms. The molecule has 1 atom stereocenters. The maximum Gasteiger partial charge on any atom is 0.0657 e. The molecule has 2 rings (SSSR count). The Morgan fingerprint density at radius 3 is 2.42 bits per heavy atom. The number of thiophene rings is 1. The van der Waals surface area contributed by atoms with Gasteiger partial charge in [-0.15, -0.1) is 11.3 Å². The summed E-state index contributed by atoms with van der Waals surface area (Å²) in [6, 6.07) is 10.6. The maximum absolute atomic E-state index is 6.42. The Labute approximate surface area is 128 Å². The highest BCUT2D eigenvalue weighted by Crippen LogP contribution is 2.35. The summed E-state index contributed by atoms with van der Waals surface area (Å²) in [5.41, 5.74) is 9.00. The van der Waals surface area contributed by atoms with Crippen molar-refractivity contribution in [2.45, 2.75) is 39.2 Å². The number of nitrogens with two attached hydrogens (primary N) is 1. The Bertz CT molecular complexity index is 581. The van der Waals surface area contributed by atoms with Crippen molar-refractivity contribution in [3.05, 3.63) is 55.7 Å². The van der Waals surface area contributed by atoms with Crippen molar-refractivity contribution in [3.63, 3.8) is 0 Å². The van der Waals surface area contributed by atoms with Crippen LogP contribution in [0.25, 0.3) is 0 Å². The lowest BCUT2D eigenvalue weighted by atomic mass is 9.95. The normalized spacial score (nSPS) is 13.6. The quantitative estimate of drug-likeness (QED) is 0.804. The van der Waals surface area contributed by atoms with Crippen LogP contribution in [0.4, 0.5) is 0 Å². The number of hydrogen-bond donors (Lipinski definition) is 1. The van der Waals surface area contributed by atoms with E-state index in [1.165, 1.54) is 15.3 Å². The zero-order valence-corrected chi connectivity index (χ0v) is 14.2. The molecular weight excluding hydrogens is 318 g/mol. The van der Waals surface area contributed by atoms with Gasteiger partial charge in [0.1, 0.15) is 0 Å². The van der Waals surface area contributed by atoms with E-state index in [2.05, 4.69) is 74.0 Å². The van der Waals surface area contributed by atoms with Crippen LogP contribution in [0, 0.1) is 6.92 Å². The molecule has 1 aromatic heterocycles. The molecule has 2 N–H and O–H groups in total. The summed E-state index contributed by atoms with van der Waals surface area (Å²) in [6.45, 7) is 8.79. The maximum atomic E-state index is 6.42. The second-order valence-corrected chi connectivity index (χ2v) is 7.92. The van der Waals surface area contributed by atoms with E-state index in [1.807, 2.05) is 11.3 Å². The van der Waals surface area contributed by atoms with Crippen LogP contribution in [0.3, 0.4) is 0 Å². The van der Waals surface area contributed by atoms with Crippen molar-refractivity contribution in [2.75, 3.05) is 0 Å². The van der Waals surface area contributed by atoms with Crippen molar-refractivity contribution in [1.29, 1.82) is 0 Å². The van der Waals surface area contributed by atoms with Gasteiger partial charge in [-0.05, 0) is 36.1 Å². The average molecular weight is 338 g/mol. The molecule has 0 saturated carbocycles. The zero-order valence-electron chi connectivity index (χ0n) is 11.8. The highest BCUT2D eigenvalue weighted by atomic mass is 79.9. The smallest absolute Gasteiger partial charge is 0.0657 e. The first kappa shape index (κ1) is 14.8. The molecule has 1 nitrogen and oxygen atoms in total. The molecule has 1 unspecified atom stereocenters. The summed E-state index contributed by atoms with van der Waals surface area (Å²) in [5, 5.41) is 0. The Kier molecular flexibility index (Phi) is 4.19. The summed E-state index contributed by atoms with van der Waals surface area (Å²) in [6.07, 6.45) is 0. The highest BCUT2D eigenvalue weighted by molar-refractivity contribution is 9.10. The molecule has 0 fully saturated rings. The van der Waals surface area contributed by atoms with E-state index in [4.69, 9.17) is 5.73 Å². The van der Waals surface area contributed by atoms with Crippen molar-refractivity contribution in [2.24, 2.45) is 5.73 Å². The van der Waals surface area contributed by atoms with Crippen LogP contribution in [0.2, 0.25) is 0 Å². The average Bonchev–Trinajstić information content (AvgIpc) is 2.80. The van der Waals surface area contributed by atoms with Gasteiger partial charge in [-0.25, -0.2) is 0 Å². The third kappa shape index (κ3) is 3.28. The largest absolute Gasteiger partial charge is 0.320 e.